The van der Waals surface area contributed by atoms with Gasteiger partial charge in [0.1, 0.15) is 5.82 Å². The molecule has 100 valence electrons. The molecular weight excluding hydrogens is 234 g/mol. The second-order valence-electron chi connectivity index (χ2n) is 5.40. The fourth-order valence-corrected chi connectivity index (χ4v) is 2.90. The largest absolute Gasteiger partial charge is 0.310 e. The van der Waals surface area contributed by atoms with E-state index in [1.54, 1.807) is 0 Å². The summed E-state index contributed by atoms with van der Waals surface area (Å²) in [7, 11) is 0. The van der Waals surface area contributed by atoms with Gasteiger partial charge >= 0.3 is 0 Å². The molecule has 1 aliphatic rings. The van der Waals surface area contributed by atoms with Crippen LogP contribution in [0.15, 0.2) is 30.5 Å². The number of hydrogen-bond donors (Lipinski definition) is 1. The second kappa shape index (κ2) is 5.17. The third-order valence-electron chi connectivity index (χ3n) is 3.98. The van der Waals surface area contributed by atoms with Crippen molar-refractivity contribution in [2.24, 2.45) is 0 Å². The molecule has 1 saturated heterocycles. The number of nitrogens with zero attached hydrogens (tertiary/aromatic N) is 2. The van der Waals surface area contributed by atoms with Gasteiger partial charge in [0.25, 0.3) is 0 Å². The maximum Gasteiger partial charge on any atom is 0.136 e. The Morgan fingerprint density at radius 3 is 2.47 bits per heavy atom. The maximum atomic E-state index is 4.64. The van der Waals surface area contributed by atoms with Crippen LogP contribution in [-0.4, -0.2) is 16.1 Å². The molecule has 2 aromatic rings. The maximum absolute atomic E-state index is 4.64. The zero-order valence-electron chi connectivity index (χ0n) is 11.7. The van der Waals surface area contributed by atoms with E-state index in [4.69, 9.17) is 0 Å². The Kier molecular flexibility index (Phi) is 3.38. The van der Waals surface area contributed by atoms with Crippen molar-refractivity contribution in [3.63, 3.8) is 0 Å². The summed E-state index contributed by atoms with van der Waals surface area (Å²) in [4.78, 5) is 4.64. The molecule has 0 amide bonds. The van der Waals surface area contributed by atoms with Crippen LogP contribution in [0.1, 0.15) is 42.3 Å². The highest BCUT2D eigenvalue weighted by Crippen LogP contribution is 2.23. The van der Waals surface area contributed by atoms with Crippen LogP contribution in [0.4, 0.5) is 0 Å². The van der Waals surface area contributed by atoms with Crippen molar-refractivity contribution >= 4 is 0 Å². The highest BCUT2D eigenvalue weighted by atomic mass is 15.1. The topological polar surface area (TPSA) is 29.9 Å². The molecule has 0 radical (unpaired) electrons. The van der Waals surface area contributed by atoms with Crippen LogP contribution in [0, 0.1) is 13.8 Å². The monoisotopic (exact) mass is 255 g/mol. The Morgan fingerprint density at radius 2 is 1.89 bits per heavy atom. The Labute approximate surface area is 114 Å². The molecule has 0 bridgehead atoms. The number of aromatic nitrogens is 2. The first kappa shape index (κ1) is 12.4. The van der Waals surface area contributed by atoms with E-state index in [2.05, 4.69) is 53.0 Å². The third kappa shape index (κ3) is 2.43. The molecule has 1 aliphatic heterocycles. The lowest BCUT2D eigenvalue weighted by atomic mass is 9.99. The van der Waals surface area contributed by atoms with Crippen molar-refractivity contribution in [2.75, 3.05) is 6.54 Å². The van der Waals surface area contributed by atoms with Crippen LogP contribution >= 0.6 is 0 Å². The minimum atomic E-state index is 0.488. The van der Waals surface area contributed by atoms with Gasteiger partial charge in [-0.3, -0.25) is 0 Å². The lowest BCUT2D eigenvalue weighted by Crippen LogP contribution is -2.26. The molecule has 0 aromatic carbocycles. The van der Waals surface area contributed by atoms with Crippen LogP contribution < -0.4 is 5.32 Å². The van der Waals surface area contributed by atoms with Crippen molar-refractivity contribution in [1.29, 1.82) is 0 Å². The number of aryl methyl sites for hydroxylation is 2. The van der Waals surface area contributed by atoms with Crippen molar-refractivity contribution < 1.29 is 0 Å². The van der Waals surface area contributed by atoms with Gasteiger partial charge in [-0.25, -0.2) is 4.98 Å². The SMILES string of the molecule is Cc1ccc(C)n1-c1ccc(C2CCCCN2)cn1. The van der Waals surface area contributed by atoms with Gasteiger partial charge < -0.3 is 9.88 Å². The molecule has 1 N–H and O–H groups in total. The third-order valence-corrected chi connectivity index (χ3v) is 3.98. The van der Waals surface area contributed by atoms with Crippen molar-refractivity contribution in [2.45, 2.75) is 39.2 Å². The Bertz CT molecular complexity index is 528. The van der Waals surface area contributed by atoms with E-state index in [0.717, 1.165) is 12.4 Å². The molecule has 19 heavy (non-hydrogen) atoms. The molecule has 3 nitrogen and oxygen atoms in total. The second-order valence-corrected chi connectivity index (χ2v) is 5.40. The van der Waals surface area contributed by atoms with Gasteiger partial charge in [-0.15, -0.1) is 0 Å². The van der Waals surface area contributed by atoms with E-state index in [0.29, 0.717) is 6.04 Å². The quantitative estimate of drug-likeness (QED) is 0.892. The minimum Gasteiger partial charge on any atom is -0.310 e. The summed E-state index contributed by atoms with van der Waals surface area (Å²) in [6.07, 6.45) is 5.86. The number of hydrogen-bond acceptors (Lipinski definition) is 2. The molecule has 1 fully saturated rings. The minimum absolute atomic E-state index is 0.488. The predicted octanol–water partition coefficient (Wildman–Crippen LogP) is 3.30. The summed E-state index contributed by atoms with van der Waals surface area (Å²) in [5, 5.41) is 3.57. The molecule has 3 rings (SSSR count). The van der Waals surface area contributed by atoms with E-state index in [9.17, 15) is 0 Å². The average molecular weight is 255 g/mol. The van der Waals surface area contributed by atoms with E-state index < -0.39 is 0 Å². The fourth-order valence-electron chi connectivity index (χ4n) is 2.90. The van der Waals surface area contributed by atoms with Crippen LogP contribution in [-0.2, 0) is 0 Å². The summed E-state index contributed by atoms with van der Waals surface area (Å²) < 4.78 is 2.19. The van der Waals surface area contributed by atoms with Gasteiger partial charge in [0.15, 0.2) is 0 Å². The zero-order chi connectivity index (χ0) is 13.2. The highest BCUT2D eigenvalue weighted by Gasteiger charge is 2.15. The predicted molar refractivity (Wildman–Crippen MR) is 77.6 cm³/mol. The number of pyridine rings is 1. The van der Waals surface area contributed by atoms with Gasteiger partial charge in [-0.2, -0.15) is 0 Å². The smallest absolute Gasteiger partial charge is 0.136 e. The summed E-state index contributed by atoms with van der Waals surface area (Å²) >= 11 is 0. The van der Waals surface area contributed by atoms with Crippen molar-refractivity contribution in [3.05, 3.63) is 47.4 Å². The van der Waals surface area contributed by atoms with Crippen LogP contribution in [0.2, 0.25) is 0 Å². The standard InChI is InChI=1S/C16H21N3/c1-12-6-7-13(2)19(12)16-9-8-14(11-18-16)15-5-3-4-10-17-15/h6-9,11,15,17H,3-5,10H2,1-2H3. The first-order chi connectivity index (χ1) is 9.25. The van der Waals surface area contributed by atoms with E-state index in [1.165, 1.54) is 36.2 Å². The van der Waals surface area contributed by atoms with E-state index >= 15 is 0 Å². The Hall–Kier alpha value is -1.61. The number of piperidine rings is 1. The van der Waals surface area contributed by atoms with E-state index in [1.807, 2.05) is 6.20 Å². The van der Waals surface area contributed by atoms with Gasteiger partial charge in [-0.1, -0.05) is 12.5 Å². The normalized spacial score (nSPS) is 19.6. The Morgan fingerprint density at radius 1 is 1.11 bits per heavy atom. The lowest BCUT2D eigenvalue weighted by Gasteiger charge is -2.23. The van der Waals surface area contributed by atoms with Crippen LogP contribution in [0.25, 0.3) is 5.82 Å². The van der Waals surface area contributed by atoms with Crippen molar-refractivity contribution in [1.82, 2.24) is 14.9 Å². The van der Waals surface area contributed by atoms with Gasteiger partial charge in [-0.05, 0) is 57.0 Å². The van der Waals surface area contributed by atoms with Crippen molar-refractivity contribution in [3.8, 4) is 5.82 Å². The fraction of sp³-hybridized carbons (Fsp3) is 0.438. The summed E-state index contributed by atoms with van der Waals surface area (Å²) in [6.45, 7) is 5.36. The average Bonchev–Trinajstić information content (AvgIpc) is 2.79. The lowest BCUT2D eigenvalue weighted by molar-refractivity contribution is 0.411. The first-order valence-corrected chi connectivity index (χ1v) is 7.10. The molecule has 1 atom stereocenters. The first-order valence-electron chi connectivity index (χ1n) is 7.10. The Balaban J connectivity index is 1.86. The summed E-state index contributed by atoms with van der Waals surface area (Å²) in [5.74, 6) is 1.01. The summed E-state index contributed by atoms with van der Waals surface area (Å²) in [6, 6.07) is 9.10. The summed E-state index contributed by atoms with van der Waals surface area (Å²) in [5.41, 5.74) is 3.77. The van der Waals surface area contributed by atoms with E-state index in [-0.39, 0.29) is 0 Å². The van der Waals surface area contributed by atoms with Gasteiger partial charge in [0.2, 0.25) is 0 Å². The number of nitrogens with one attached hydrogen (secondary N) is 1. The molecule has 0 aliphatic carbocycles. The zero-order valence-corrected chi connectivity index (χ0v) is 11.7. The molecule has 1 unspecified atom stereocenters. The van der Waals surface area contributed by atoms with Gasteiger partial charge in [0, 0.05) is 23.6 Å². The van der Waals surface area contributed by atoms with Crippen LogP contribution in [0.5, 0.6) is 0 Å². The highest BCUT2D eigenvalue weighted by molar-refractivity contribution is 5.33. The molecule has 3 heteroatoms. The number of rotatable bonds is 2. The molecule has 0 saturated carbocycles. The molecular formula is C16H21N3. The molecule has 2 aromatic heterocycles. The molecule has 3 heterocycles. The van der Waals surface area contributed by atoms with Crippen LogP contribution in [0.3, 0.4) is 0 Å². The molecule has 0 spiro atoms. The van der Waals surface area contributed by atoms with Gasteiger partial charge in [0.05, 0.1) is 0 Å².